The molecule has 0 saturated carbocycles. The van der Waals surface area contributed by atoms with Crippen LogP contribution in [0.25, 0.3) is 11.3 Å². The van der Waals surface area contributed by atoms with Gasteiger partial charge in [-0.15, -0.1) is 11.3 Å². The van der Waals surface area contributed by atoms with Crippen LogP contribution in [0.1, 0.15) is 19.4 Å². The van der Waals surface area contributed by atoms with Gasteiger partial charge >= 0.3 is 0 Å². The van der Waals surface area contributed by atoms with E-state index in [1.165, 1.54) is 11.3 Å². The third kappa shape index (κ3) is 4.87. The van der Waals surface area contributed by atoms with Crippen LogP contribution in [-0.4, -0.2) is 22.0 Å². The standard InChI is InChI=1S/C19H19N3O2S/c1-13(2)24-16-5-3-4-14(10-16)11-18(23)22-19-21-17(12-25-19)15-6-8-20-9-7-15/h3-10,12-13H,11H2,1-2H3,(H,21,22,23). The topological polar surface area (TPSA) is 64.1 Å². The van der Waals surface area contributed by atoms with Gasteiger partial charge in [0.15, 0.2) is 5.13 Å². The highest BCUT2D eigenvalue weighted by Crippen LogP contribution is 2.24. The van der Waals surface area contributed by atoms with Gasteiger partial charge in [-0.3, -0.25) is 9.78 Å². The first kappa shape index (κ1) is 17.1. The van der Waals surface area contributed by atoms with Gasteiger partial charge in [-0.05, 0) is 43.7 Å². The van der Waals surface area contributed by atoms with Crippen LogP contribution in [0, 0.1) is 0 Å². The summed E-state index contributed by atoms with van der Waals surface area (Å²) in [5.41, 5.74) is 2.71. The van der Waals surface area contributed by atoms with Gasteiger partial charge in [-0.2, -0.15) is 0 Å². The van der Waals surface area contributed by atoms with Gasteiger partial charge in [0.2, 0.25) is 5.91 Å². The van der Waals surface area contributed by atoms with Crippen molar-refractivity contribution in [1.82, 2.24) is 9.97 Å². The van der Waals surface area contributed by atoms with Crippen LogP contribution < -0.4 is 10.1 Å². The van der Waals surface area contributed by atoms with Crippen LogP contribution in [0.3, 0.4) is 0 Å². The van der Waals surface area contributed by atoms with Crippen LogP contribution in [0.15, 0.2) is 54.2 Å². The number of amides is 1. The van der Waals surface area contributed by atoms with E-state index in [1.807, 2.05) is 55.6 Å². The molecule has 1 N–H and O–H groups in total. The molecule has 6 heteroatoms. The minimum absolute atomic E-state index is 0.0997. The van der Waals surface area contributed by atoms with Gasteiger partial charge in [0.1, 0.15) is 5.75 Å². The number of benzene rings is 1. The number of nitrogens with zero attached hydrogens (tertiary/aromatic N) is 2. The van der Waals surface area contributed by atoms with E-state index >= 15 is 0 Å². The summed E-state index contributed by atoms with van der Waals surface area (Å²) in [6.07, 6.45) is 3.82. The van der Waals surface area contributed by atoms with Crippen molar-refractivity contribution in [3.8, 4) is 17.0 Å². The Hall–Kier alpha value is -2.73. The normalized spacial score (nSPS) is 10.7. The molecule has 3 rings (SSSR count). The van der Waals surface area contributed by atoms with Gasteiger partial charge in [0, 0.05) is 23.3 Å². The number of ether oxygens (including phenoxy) is 1. The van der Waals surface area contributed by atoms with E-state index in [4.69, 9.17) is 4.74 Å². The Bertz CT molecular complexity index is 847. The maximum absolute atomic E-state index is 12.3. The second-order valence-corrected chi connectivity index (χ2v) is 6.67. The molecule has 128 valence electrons. The second-order valence-electron chi connectivity index (χ2n) is 5.81. The fourth-order valence-electron chi connectivity index (χ4n) is 2.34. The highest BCUT2D eigenvalue weighted by molar-refractivity contribution is 7.14. The summed E-state index contributed by atoms with van der Waals surface area (Å²) < 4.78 is 5.66. The lowest BCUT2D eigenvalue weighted by molar-refractivity contribution is -0.115. The predicted molar refractivity (Wildman–Crippen MR) is 99.9 cm³/mol. The van der Waals surface area contributed by atoms with Crippen molar-refractivity contribution < 1.29 is 9.53 Å². The van der Waals surface area contributed by atoms with Crippen molar-refractivity contribution in [2.45, 2.75) is 26.4 Å². The summed E-state index contributed by atoms with van der Waals surface area (Å²) in [4.78, 5) is 20.7. The van der Waals surface area contributed by atoms with Crippen molar-refractivity contribution in [1.29, 1.82) is 0 Å². The molecule has 0 atom stereocenters. The molecular formula is C19H19N3O2S. The molecule has 0 bridgehead atoms. The minimum atomic E-state index is -0.0997. The fraction of sp³-hybridized carbons (Fsp3) is 0.211. The largest absolute Gasteiger partial charge is 0.491 e. The zero-order chi connectivity index (χ0) is 17.6. The molecule has 25 heavy (non-hydrogen) atoms. The van der Waals surface area contributed by atoms with Crippen molar-refractivity contribution in [3.63, 3.8) is 0 Å². The summed E-state index contributed by atoms with van der Waals surface area (Å²) >= 11 is 1.41. The summed E-state index contributed by atoms with van der Waals surface area (Å²) in [7, 11) is 0. The van der Waals surface area contributed by atoms with E-state index in [9.17, 15) is 4.79 Å². The molecule has 0 aliphatic heterocycles. The van der Waals surface area contributed by atoms with E-state index < -0.39 is 0 Å². The number of carbonyl (C=O) groups excluding carboxylic acids is 1. The lowest BCUT2D eigenvalue weighted by Crippen LogP contribution is -2.14. The number of hydrogen-bond acceptors (Lipinski definition) is 5. The number of pyridine rings is 1. The first-order valence-electron chi connectivity index (χ1n) is 8.01. The molecular weight excluding hydrogens is 334 g/mol. The maximum atomic E-state index is 12.3. The molecule has 5 nitrogen and oxygen atoms in total. The maximum Gasteiger partial charge on any atom is 0.230 e. The van der Waals surface area contributed by atoms with Crippen molar-refractivity contribution in [2.24, 2.45) is 0 Å². The van der Waals surface area contributed by atoms with Gasteiger partial charge in [-0.1, -0.05) is 12.1 Å². The van der Waals surface area contributed by atoms with E-state index in [1.54, 1.807) is 12.4 Å². The Morgan fingerprint density at radius 1 is 1.24 bits per heavy atom. The summed E-state index contributed by atoms with van der Waals surface area (Å²) in [5.74, 6) is 0.673. The van der Waals surface area contributed by atoms with Crippen molar-refractivity contribution >= 4 is 22.4 Å². The van der Waals surface area contributed by atoms with E-state index in [2.05, 4.69) is 15.3 Å². The van der Waals surface area contributed by atoms with E-state index in [-0.39, 0.29) is 18.4 Å². The van der Waals surface area contributed by atoms with Gasteiger partial charge in [-0.25, -0.2) is 4.98 Å². The molecule has 0 saturated heterocycles. The third-order valence-corrected chi connectivity index (χ3v) is 4.12. The first-order chi connectivity index (χ1) is 12.1. The number of hydrogen-bond donors (Lipinski definition) is 1. The second kappa shape index (κ2) is 7.90. The zero-order valence-electron chi connectivity index (χ0n) is 14.1. The van der Waals surface area contributed by atoms with E-state index in [0.717, 1.165) is 22.6 Å². The van der Waals surface area contributed by atoms with Gasteiger partial charge in [0.25, 0.3) is 0 Å². The SMILES string of the molecule is CC(C)Oc1cccc(CC(=O)Nc2nc(-c3ccncc3)cs2)c1. The molecule has 3 aromatic rings. The molecule has 0 fully saturated rings. The third-order valence-electron chi connectivity index (χ3n) is 3.36. The molecule has 0 aliphatic carbocycles. The van der Waals surface area contributed by atoms with E-state index in [0.29, 0.717) is 5.13 Å². The minimum Gasteiger partial charge on any atom is -0.491 e. The Kier molecular flexibility index (Phi) is 5.40. The summed E-state index contributed by atoms with van der Waals surface area (Å²) in [6, 6.07) is 11.4. The fourth-order valence-corrected chi connectivity index (χ4v) is 3.07. The smallest absolute Gasteiger partial charge is 0.230 e. The van der Waals surface area contributed by atoms with Crippen LogP contribution in [0.4, 0.5) is 5.13 Å². The van der Waals surface area contributed by atoms with Gasteiger partial charge < -0.3 is 10.1 Å². The lowest BCUT2D eigenvalue weighted by atomic mass is 10.1. The molecule has 0 aliphatic rings. The molecule has 2 heterocycles. The van der Waals surface area contributed by atoms with Gasteiger partial charge in [0.05, 0.1) is 18.2 Å². The average Bonchev–Trinajstić information content (AvgIpc) is 3.03. The Balaban J connectivity index is 1.62. The zero-order valence-corrected chi connectivity index (χ0v) is 14.9. The molecule has 0 radical (unpaired) electrons. The summed E-state index contributed by atoms with van der Waals surface area (Å²) in [5, 5.41) is 5.36. The van der Waals surface area contributed by atoms with Crippen LogP contribution in [-0.2, 0) is 11.2 Å². The van der Waals surface area contributed by atoms with Crippen LogP contribution in [0.2, 0.25) is 0 Å². The highest BCUT2D eigenvalue weighted by Gasteiger charge is 2.09. The number of aromatic nitrogens is 2. The molecule has 1 amide bonds. The average molecular weight is 353 g/mol. The summed E-state index contributed by atoms with van der Waals surface area (Å²) in [6.45, 7) is 3.95. The molecule has 2 aromatic heterocycles. The lowest BCUT2D eigenvalue weighted by Gasteiger charge is -2.10. The number of carbonyl (C=O) groups is 1. The van der Waals surface area contributed by atoms with Crippen LogP contribution >= 0.6 is 11.3 Å². The number of nitrogens with one attached hydrogen (secondary N) is 1. The first-order valence-corrected chi connectivity index (χ1v) is 8.89. The highest BCUT2D eigenvalue weighted by atomic mass is 32.1. The monoisotopic (exact) mass is 353 g/mol. The number of thiazole rings is 1. The quantitative estimate of drug-likeness (QED) is 0.722. The Morgan fingerprint density at radius 3 is 2.80 bits per heavy atom. The molecule has 1 aromatic carbocycles. The van der Waals surface area contributed by atoms with Crippen LogP contribution in [0.5, 0.6) is 5.75 Å². The van der Waals surface area contributed by atoms with Crippen molar-refractivity contribution in [3.05, 3.63) is 59.7 Å². The predicted octanol–water partition coefficient (Wildman–Crippen LogP) is 4.17. The molecule has 0 unspecified atom stereocenters. The number of rotatable bonds is 6. The van der Waals surface area contributed by atoms with Crippen molar-refractivity contribution in [2.75, 3.05) is 5.32 Å². The Labute approximate surface area is 150 Å². The number of anilines is 1. The molecule has 0 spiro atoms. The Morgan fingerprint density at radius 2 is 2.04 bits per heavy atom.